The van der Waals surface area contributed by atoms with Gasteiger partial charge in [-0.3, -0.25) is 25.0 Å². The highest BCUT2D eigenvalue weighted by Gasteiger charge is 2.24. The van der Waals surface area contributed by atoms with Crippen molar-refractivity contribution >= 4 is 28.9 Å². The van der Waals surface area contributed by atoms with Gasteiger partial charge < -0.3 is 14.8 Å². The molecule has 0 heterocycles. The van der Waals surface area contributed by atoms with Gasteiger partial charge in [-0.25, -0.2) is 4.79 Å². The standard InChI is InChI=1S/C17H15N3O8/c1-10-4-3-5-13(20(25)26)16(10)17(22)28-9-15(21)18-12-7-6-11(19(23)24)8-14(12)27-2/h3-8H,9H2,1-2H3,(H,18,21). The van der Waals surface area contributed by atoms with Crippen LogP contribution < -0.4 is 10.1 Å². The summed E-state index contributed by atoms with van der Waals surface area (Å²) in [6, 6.07) is 7.65. The van der Waals surface area contributed by atoms with Gasteiger partial charge in [0.05, 0.1) is 28.7 Å². The van der Waals surface area contributed by atoms with Crippen molar-refractivity contribution in [2.45, 2.75) is 6.92 Å². The van der Waals surface area contributed by atoms with E-state index in [9.17, 15) is 29.8 Å². The molecule has 28 heavy (non-hydrogen) atoms. The molecule has 0 aliphatic rings. The summed E-state index contributed by atoms with van der Waals surface area (Å²) < 4.78 is 9.85. The average Bonchev–Trinajstić information content (AvgIpc) is 2.65. The van der Waals surface area contributed by atoms with Crippen LogP contribution in [0.1, 0.15) is 15.9 Å². The van der Waals surface area contributed by atoms with Gasteiger partial charge in [-0.05, 0) is 18.6 Å². The van der Waals surface area contributed by atoms with E-state index in [1.54, 1.807) is 0 Å². The van der Waals surface area contributed by atoms with Crippen molar-refractivity contribution in [1.82, 2.24) is 0 Å². The van der Waals surface area contributed by atoms with Crippen LogP contribution in [0.5, 0.6) is 5.75 Å². The molecule has 0 radical (unpaired) electrons. The van der Waals surface area contributed by atoms with Crippen molar-refractivity contribution < 1.29 is 28.9 Å². The van der Waals surface area contributed by atoms with Gasteiger partial charge in [0.15, 0.2) is 6.61 Å². The minimum absolute atomic E-state index is 0.0448. The maximum Gasteiger partial charge on any atom is 0.345 e. The molecule has 0 bridgehead atoms. The molecule has 2 rings (SSSR count). The normalized spacial score (nSPS) is 10.1. The summed E-state index contributed by atoms with van der Waals surface area (Å²) in [5, 5.41) is 24.2. The number of carbonyl (C=O) groups excluding carboxylic acids is 2. The first-order chi connectivity index (χ1) is 13.2. The van der Waals surface area contributed by atoms with Crippen LogP contribution in [-0.4, -0.2) is 35.4 Å². The number of carbonyl (C=O) groups is 2. The Kier molecular flexibility index (Phi) is 6.22. The number of aryl methyl sites for hydroxylation is 1. The fourth-order valence-electron chi connectivity index (χ4n) is 2.36. The van der Waals surface area contributed by atoms with Crippen LogP contribution in [0.25, 0.3) is 0 Å². The minimum atomic E-state index is -1.02. The molecule has 0 spiro atoms. The number of esters is 1. The lowest BCUT2D eigenvalue weighted by Gasteiger charge is -2.11. The Balaban J connectivity index is 2.09. The van der Waals surface area contributed by atoms with E-state index in [2.05, 4.69) is 5.32 Å². The Bertz CT molecular complexity index is 957. The predicted molar refractivity (Wildman–Crippen MR) is 96.4 cm³/mol. The average molecular weight is 389 g/mol. The van der Waals surface area contributed by atoms with Crippen molar-refractivity contribution in [3.8, 4) is 5.75 Å². The molecule has 11 heteroatoms. The molecule has 2 aromatic carbocycles. The van der Waals surface area contributed by atoms with Crippen molar-refractivity contribution in [2.24, 2.45) is 0 Å². The largest absolute Gasteiger partial charge is 0.494 e. The fourth-order valence-corrected chi connectivity index (χ4v) is 2.36. The lowest BCUT2D eigenvalue weighted by atomic mass is 10.1. The highest BCUT2D eigenvalue weighted by atomic mass is 16.6. The predicted octanol–water partition coefficient (Wildman–Crippen LogP) is 2.62. The van der Waals surface area contributed by atoms with E-state index in [1.807, 2.05) is 0 Å². The van der Waals surface area contributed by atoms with Gasteiger partial charge in [0.2, 0.25) is 0 Å². The number of non-ortho nitro benzene ring substituents is 1. The first-order valence-electron chi connectivity index (χ1n) is 7.78. The summed E-state index contributed by atoms with van der Waals surface area (Å²) in [6.45, 7) is 0.788. The van der Waals surface area contributed by atoms with Gasteiger partial charge in [0.1, 0.15) is 11.3 Å². The first-order valence-corrected chi connectivity index (χ1v) is 7.78. The molecular formula is C17H15N3O8. The summed E-state index contributed by atoms with van der Waals surface area (Å²) in [7, 11) is 1.27. The molecule has 1 N–H and O–H groups in total. The van der Waals surface area contributed by atoms with Gasteiger partial charge in [-0.15, -0.1) is 0 Å². The Labute approximate surface area is 158 Å². The maximum atomic E-state index is 12.2. The van der Waals surface area contributed by atoms with Crippen molar-refractivity contribution in [3.05, 3.63) is 67.8 Å². The zero-order valence-corrected chi connectivity index (χ0v) is 14.8. The SMILES string of the molecule is COc1cc([N+](=O)[O-])ccc1NC(=O)COC(=O)c1c(C)cccc1[N+](=O)[O-]. The lowest BCUT2D eigenvalue weighted by molar-refractivity contribution is -0.385. The molecule has 0 saturated carbocycles. The van der Waals surface area contributed by atoms with Gasteiger partial charge >= 0.3 is 5.97 Å². The van der Waals surface area contributed by atoms with E-state index in [0.717, 1.165) is 12.1 Å². The summed E-state index contributed by atoms with van der Waals surface area (Å²) in [6.07, 6.45) is 0. The van der Waals surface area contributed by atoms with Gasteiger partial charge in [-0.2, -0.15) is 0 Å². The van der Waals surface area contributed by atoms with Crippen LogP contribution in [-0.2, 0) is 9.53 Å². The zero-order valence-electron chi connectivity index (χ0n) is 14.8. The van der Waals surface area contributed by atoms with Crippen LogP contribution in [0.2, 0.25) is 0 Å². The number of benzene rings is 2. The molecule has 0 aliphatic heterocycles. The molecule has 0 fully saturated rings. The number of anilines is 1. The first kappa shape index (κ1) is 20.3. The number of hydrogen-bond acceptors (Lipinski definition) is 8. The second kappa shape index (κ2) is 8.58. The zero-order chi connectivity index (χ0) is 20.8. The molecule has 0 aliphatic carbocycles. The Morgan fingerprint density at radius 2 is 1.82 bits per heavy atom. The number of rotatable bonds is 7. The van der Waals surface area contributed by atoms with Crippen LogP contribution in [0.15, 0.2) is 36.4 Å². The van der Waals surface area contributed by atoms with E-state index < -0.39 is 34.0 Å². The molecule has 1 amide bonds. The topological polar surface area (TPSA) is 151 Å². The summed E-state index contributed by atoms with van der Waals surface area (Å²) in [5.74, 6) is -1.73. The number of amides is 1. The Morgan fingerprint density at radius 3 is 2.43 bits per heavy atom. The van der Waals surface area contributed by atoms with Gasteiger partial charge in [0, 0.05) is 12.1 Å². The molecule has 0 atom stereocenters. The van der Waals surface area contributed by atoms with Crippen molar-refractivity contribution in [3.63, 3.8) is 0 Å². The van der Waals surface area contributed by atoms with Crippen LogP contribution in [0.3, 0.4) is 0 Å². The van der Waals surface area contributed by atoms with E-state index >= 15 is 0 Å². The fraction of sp³-hybridized carbons (Fsp3) is 0.176. The van der Waals surface area contributed by atoms with E-state index in [0.29, 0.717) is 5.56 Å². The smallest absolute Gasteiger partial charge is 0.345 e. The Morgan fingerprint density at radius 1 is 1.11 bits per heavy atom. The molecule has 0 aromatic heterocycles. The monoisotopic (exact) mass is 389 g/mol. The second-order valence-corrected chi connectivity index (χ2v) is 5.49. The third-order valence-corrected chi connectivity index (χ3v) is 3.66. The van der Waals surface area contributed by atoms with Crippen LogP contribution in [0.4, 0.5) is 17.1 Å². The van der Waals surface area contributed by atoms with E-state index in [4.69, 9.17) is 9.47 Å². The molecule has 0 unspecified atom stereocenters. The van der Waals surface area contributed by atoms with E-state index in [1.165, 1.54) is 38.3 Å². The number of nitrogens with zero attached hydrogens (tertiary/aromatic N) is 2. The summed E-state index contributed by atoms with van der Waals surface area (Å²) in [4.78, 5) is 44.7. The molecule has 0 saturated heterocycles. The molecule has 2 aromatic rings. The van der Waals surface area contributed by atoms with Crippen molar-refractivity contribution in [1.29, 1.82) is 0 Å². The highest BCUT2D eigenvalue weighted by molar-refractivity contribution is 5.99. The summed E-state index contributed by atoms with van der Waals surface area (Å²) >= 11 is 0. The number of hydrogen-bond donors (Lipinski definition) is 1. The second-order valence-electron chi connectivity index (χ2n) is 5.49. The number of nitrogens with one attached hydrogen (secondary N) is 1. The molecule has 11 nitrogen and oxygen atoms in total. The molecule has 146 valence electrons. The lowest BCUT2D eigenvalue weighted by Crippen LogP contribution is -2.22. The maximum absolute atomic E-state index is 12.2. The number of ether oxygens (including phenoxy) is 2. The van der Waals surface area contributed by atoms with Crippen molar-refractivity contribution in [2.75, 3.05) is 19.0 Å². The third kappa shape index (κ3) is 4.58. The van der Waals surface area contributed by atoms with Crippen LogP contribution in [0, 0.1) is 27.2 Å². The number of nitro benzene ring substituents is 2. The molecular weight excluding hydrogens is 374 g/mol. The number of methoxy groups -OCH3 is 1. The summed E-state index contributed by atoms with van der Waals surface area (Å²) in [5.41, 5.74) is -0.434. The minimum Gasteiger partial charge on any atom is -0.494 e. The Hall–Kier alpha value is -4.02. The van der Waals surface area contributed by atoms with Crippen LogP contribution >= 0.6 is 0 Å². The highest BCUT2D eigenvalue weighted by Crippen LogP contribution is 2.29. The van der Waals surface area contributed by atoms with Gasteiger partial charge in [-0.1, -0.05) is 12.1 Å². The van der Waals surface area contributed by atoms with E-state index in [-0.39, 0.29) is 22.7 Å². The van der Waals surface area contributed by atoms with Gasteiger partial charge in [0.25, 0.3) is 17.3 Å². The third-order valence-electron chi connectivity index (χ3n) is 3.66. The quantitative estimate of drug-likeness (QED) is 0.431. The number of nitro groups is 2.